The molecule has 0 aliphatic rings. The van der Waals surface area contributed by atoms with Gasteiger partial charge >= 0.3 is 0 Å². The van der Waals surface area contributed by atoms with Crippen molar-refractivity contribution in [1.82, 2.24) is 5.32 Å². The number of nitrogens with zero attached hydrogens (tertiary/aromatic N) is 1. The molecule has 3 unspecified atom stereocenters. The second kappa shape index (κ2) is 29.1. The summed E-state index contributed by atoms with van der Waals surface area (Å²) in [6.07, 6.45) is 36.8. The van der Waals surface area contributed by atoms with E-state index in [4.69, 9.17) is 9.05 Å². The Morgan fingerprint density at radius 1 is 0.783 bits per heavy atom. The summed E-state index contributed by atoms with van der Waals surface area (Å²) in [5.41, 5.74) is 0. The number of quaternary nitrogens is 1. The van der Waals surface area contributed by atoms with E-state index in [1.807, 2.05) is 27.2 Å². The summed E-state index contributed by atoms with van der Waals surface area (Å²) < 4.78 is 22.9. The Hall–Kier alpha value is -2.06. The first-order valence-corrected chi connectivity index (χ1v) is 18.8. The van der Waals surface area contributed by atoms with E-state index < -0.39 is 26.6 Å². The van der Waals surface area contributed by atoms with Gasteiger partial charge < -0.3 is 28.8 Å². The highest BCUT2D eigenvalue weighted by molar-refractivity contribution is 7.45. The van der Waals surface area contributed by atoms with Crippen LogP contribution in [0.25, 0.3) is 0 Å². The molecule has 0 aliphatic heterocycles. The molecule has 0 radical (unpaired) electrons. The standard InChI is InChI=1S/C37H65N2O6P/c1-6-8-10-12-14-16-17-18-19-20-21-23-25-27-29-31-37(41)38-35(34-45-46(42,43)44-33-32-39(3,4)5)36(40)30-28-26-24-22-15-13-11-9-7-2/h8,10,14-16,18-19,21-23,28,30,35-36,40H,6-7,9,11-13,17,20,24-27,29,31-34H2,1-5H3,(H-,38,41,42,43)/b10-8-,16-14-,19-18-,22-15+,23-21-,30-28+. The number of carbonyl (C=O) groups is 1. The number of unbranched alkanes of at least 4 members (excludes halogenated alkanes) is 6. The number of amides is 1. The van der Waals surface area contributed by atoms with Crippen LogP contribution in [0.3, 0.4) is 0 Å². The van der Waals surface area contributed by atoms with Crippen molar-refractivity contribution >= 4 is 13.7 Å². The maximum atomic E-state index is 12.7. The molecule has 0 saturated heterocycles. The molecular weight excluding hydrogens is 599 g/mol. The molecule has 46 heavy (non-hydrogen) atoms. The highest BCUT2D eigenvalue weighted by Gasteiger charge is 2.23. The molecule has 2 N–H and O–H groups in total. The van der Waals surface area contributed by atoms with Gasteiger partial charge in [0.15, 0.2) is 0 Å². The van der Waals surface area contributed by atoms with Crippen LogP contribution >= 0.6 is 7.82 Å². The Bertz CT molecular complexity index is 981. The Morgan fingerprint density at radius 3 is 1.93 bits per heavy atom. The number of nitrogens with one attached hydrogen (secondary N) is 1. The van der Waals surface area contributed by atoms with Crippen molar-refractivity contribution in [2.45, 2.75) is 116 Å². The number of hydrogen-bond acceptors (Lipinski definition) is 6. The van der Waals surface area contributed by atoms with Crippen molar-refractivity contribution < 1.29 is 32.9 Å². The lowest BCUT2D eigenvalue weighted by Gasteiger charge is -2.29. The Morgan fingerprint density at radius 2 is 1.33 bits per heavy atom. The van der Waals surface area contributed by atoms with Gasteiger partial charge in [-0.15, -0.1) is 0 Å². The molecule has 0 aromatic rings. The van der Waals surface area contributed by atoms with Crippen molar-refractivity contribution in [3.8, 4) is 0 Å². The zero-order valence-electron chi connectivity index (χ0n) is 29.5. The van der Waals surface area contributed by atoms with Crippen molar-refractivity contribution in [2.24, 2.45) is 0 Å². The van der Waals surface area contributed by atoms with Crippen molar-refractivity contribution in [3.63, 3.8) is 0 Å². The highest BCUT2D eigenvalue weighted by Crippen LogP contribution is 2.38. The number of rotatable bonds is 29. The van der Waals surface area contributed by atoms with Gasteiger partial charge in [0.25, 0.3) is 7.82 Å². The first-order valence-electron chi connectivity index (χ1n) is 17.3. The number of hydrogen-bond donors (Lipinski definition) is 2. The minimum atomic E-state index is -4.60. The molecule has 0 aromatic carbocycles. The van der Waals surface area contributed by atoms with E-state index in [-0.39, 0.29) is 18.9 Å². The minimum Gasteiger partial charge on any atom is -0.756 e. The van der Waals surface area contributed by atoms with Crippen molar-refractivity contribution in [1.29, 1.82) is 0 Å². The lowest BCUT2D eigenvalue weighted by atomic mass is 10.1. The normalized spacial score (nSPS) is 15.7. The van der Waals surface area contributed by atoms with Crippen LogP contribution in [0.1, 0.15) is 104 Å². The smallest absolute Gasteiger partial charge is 0.268 e. The van der Waals surface area contributed by atoms with Crippen LogP contribution < -0.4 is 10.2 Å². The summed E-state index contributed by atoms with van der Waals surface area (Å²) in [7, 11) is 1.19. The van der Waals surface area contributed by atoms with E-state index in [0.29, 0.717) is 17.4 Å². The summed E-state index contributed by atoms with van der Waals surface area (Å²) in [6.45, 7) is 4.36. The zero-order valence-corrected chi connectivity index (χ0v) is 30.4. The van der Waals surface area contributed by atoms with Gasteiger partial charge in [0.1, 0.15) is 13.2 Å². The van der Waals surface area contributed by atoms with Crippen LogP contribution in [-0.4, -0.2) is 68.5 Å². The van der Waals surface area contributed by atoms with Crippen LogP contribution in [0.4, 0.5) is 0 Å². The van der Waals surface area contributed by atoms with Gasteiger partial charge in [-0.1, -0.05) is 99.6 Å². The monoisotopic (exact) mass is 664 g/mol. The quantitative estimate of drug-likeness (QED) is 0.0365. The molecule has 264 valence electrons. The van der Waals surface area contributed by atoms with E-state index in [2.05, 4.69) is 79.9 Å². The Kier molecular flexibility index (Phi) is 27.8. The fraction of sp³-hybridized carbons (Fsp3) is 0.649. The lowest BCUT2D eigenvalue weighted by molar-refractivity contribution is -0.870. The molecule has 1 amide bonds. The minimum absolute atomic E-state index is 0.0189. The number of aliphatic hydroxyl groups excluding tert-OH is 1. The van der Waals surface area contributed by atoms with Crippen LogP contribution in [0, 0.1) is 0 Å². The maximum absolute atomic E-state index is 12.7. The van der Waals surface area contributed by atoms with E-state index in [0.717, 1.165) is 57.8 Å². The van der Waals surface area contributed by atoms with Crippen molar-refractivity contribution in [2.75, 3.05) is 40.9 Å². The average Bonchev–Trinajstić information content (AvgIpc) is 2.99. The SMILES string of the molecule is CC/C=C\C/C=C\C/C=C\C/C=C\CCCCC(=O)NC(COP(=O)([O-])OCC[N+](C)(C)C)C(O)/C=C/CC/C=C/CCCCC. The molecule has 8 nitrogen and oxygen atoms in total. The highest BCUT2D eigenvalue weighted by atomic mass is 31.2. The van der Waals surface area contributed by atoms with E-state index in [9.17, 15) is 19.4 Å². The van der Waals surface area contributed by atoms with Gasteiger partial charge in [0.05, 0.1) is 39.9 Å². The van der Waals surface area contributed by atoms with Gasteiger partial charge in [-0.2, -0.15) is 0 Å². The summed E-state index contributed by atoms with van der Waals surface area (Å²) in [5.74, 6) is -0.257. The molecule has 0 spiro atoms. The number of likely N-dealkylation sites (N-methyl/N-ethyl adjacent to an activating group) is 1. The van der Waals surface area contributed by atoms with Crippen molar-refractivity contribution in [3.05, 3.63) is 72.9 Å². The van der Waals surface area contributed by atoms with Gasteiger partial charge in [-0.25, -0.2) is 0 Å². The van der Waals surface area contributed by atoms with Gasteiger partial charge in [-0.3, -0.25) is 9.36 Å². The summed E-state index contributed by atoms with van der Waals surface area (Å²) in [4.78, 5) is 25.0. The van der Waals surface area contributed by atoms with Crippen LogP contribution in [0.5, 0.6) is 0 Å². The van der Waals surface area contributed by atoms with Gasteiger partial charge in [0, 0.05) is 6.42 Å². The molecule has 0 rings (SSSR count). The second-order valence-corrected chi connectivity index (χ2v) is 13.9. The molecule has 0 bridgehead atoms. The Balaban J connectivity index is 4.70. The topological polar surface area (TPSA) is 108 Å². The fourth-order valence-corrected chi connectivity index (χ4v) is 4.82. The number of allylic oxidation sites excluding steroid dienone is 11. The molecular formula is C37H65N2O6P. The maximum Gasteiger partial charge on any atom is 0.268 e. The summed E-state index contributed by atoms with van der Waals surface area (Å²) in [5, 5.41) is 13.6. The first kappa shape index (κ1) is 43.9. The Labute approximate surface area is 281 Å². The summed E-state index contributed by atoms with van der Waals surface area (Å²) in [6, 6.07) is -0.924. The predicted octanol–water partition coefficient (Wildman–Crippen LogP) is 7.88. The van der Waals surface area contributed by atoms with Gasteiger partial charge in [0.2, 0.25) is 5.91 Å². The molecule has 3 atom stereocenters. The van der Waals surface area contributed by atoms with Gasteiger partial charge in [-0.05, 0) is 70.6 Å². The van der Waals surface area contributed by atoms with E-state index in [1.165, 1.54) is 19.3 Å². The molecule has 0 heterocycles. The third-order valence-corrected chi connectivity index (χ3v) is 7.86. The number of phosphoric acid groups is 1. The lowest BCUT2D eigenvalue weighted by Crippen LogP contribution is -2.45. The number of aliphatic hydroxyl groups is 1. The van der Waals surface area contributed by atoms with Crippen LogP contribution in [-0.2, 0) is 18.4 Å². The largest absolute Gasteiger partial charge is 0.756 e. The third kappa shape index (κ3) is 30.6. The fourth-order valence-electron chi connectivity index (χ4n) is 4.10. The third-order valence-electron chi connectivity index (χ3n) is 6.90. The predicted molar refractivity (Wildman–Crippen MR) is 191 cm³/mol. The zero-order chi connectivity index (χ0) is 34.4. The molecule has 9 heteroatoms. The average molecular weight is 665 g/mol. The second-order valence-electron chi connectivity index (χ2n) is 12.5. The van der Waals surface area contributed by atoms with E-state index >= 15 is 0 Å². The number of carbonyl (C=O) groups excluding carboxylic acids is 1. The number of phosphoric ester groups is 1. The molecule has 0 aromatic heterocycles. The molecule has 0 saturated carbocycles. The van der Waals surface area contributed by atoms with E-state index in [1.54, 1.807) is 6.08 Å². The van der Waals surface area contributed by atoms with Crippen LogP contribution in [0.2, 0.25) is 0 Å². The molecule has 0 aliphatic carbocycles. The first-order chi connectivity index (χ1) is 22.0. The van der Waals surface area contributed by atoms with Crippen LogP contribution in [0.15, 0.2) is 72.9 Å². The molecule has 0 fully saturated rings. The summed E-state index contributed by atoms with van der Waals surface area (Å²) >= 11 is 0.